The molecule has 4 heteroatoms. The Bertz CT molecular complexity index is 644. The van der Waals surface area contributed by atoms with Crippen LogP contribution < -0.4 is 5.73 Å². The number of hydrogen-bond acceptors (Lipinski definition) is 3. The van der Waals surface area contributed by atoms with E-state index in [-0.39, 0.29) is 5.92 Å². The van der Waals surface area contributed by atoms with E-state index in [9.17, 15) is 5.11 Å². The zero-order chi connectivity index (χ0) is 14.8. The number of benzene rings is 2. The van der Waals surface area contributed by atoms with Crippen molar-refractivity contribution in [2.45, 2.75) is 25.2 Å². The SMILES string of the molecule is NCC(c1ccccc1Br)C(O)c1ccc2c(c1)COC2. The Morgan fingerprint density at radius 3 is 2.67 bits per heavy atom. The number of nitrogens with two attached hydrogens (primary N) is 1. The lowest BCUT2D eigenvalue weighted by Gasteiger charge is -2.23. The van der Waals surface area contributed by atoms with Crippen LogP contribution >= 0.6 is 15.9 Å². The van der Waals surface area contributed by atoms with Gasteiger partial charge in [-0.15, -0.1) is 0 Å². The van der Waals surface area contributed by atoms with Crippen molar-refractivity contribution in [1.29, 1.82) is 0 Å². The van der Waals surface area contributed by atoms with E-state index in [1.54, 1.807) is 0 Å². The number of halogens is 1. The van der Waals surface area contributed by atoms with Crippen LogP contribution in [0.15, 0.2) is 46.9 Å². The molecule has 2 aromatic carbocycles. The van der Waals surface area contributed by atoms with Gasteiger partial charge in [0.05, 0.1) is 19.3 Å². The van der Waals surface area contributed by atoms with Crippen molar-refractivity contribution in [3.05, 3.63) is 69.2 Å². The van der Waals surface area contributed by atoms with Gasteiger partial charge >= 0.3 is 0 Å². The van der Waals surface area contributed by atoms with Crippen LogP contribution in [0.4, 0.5) is 0 Å². The third kappa shape index (κ3) is 2.90. The summed E-state index contributed by atoms with van der Waals surface area (Å²) in [6.45, 7) is 1.67. The van der Waals surface area contributed by atoms with Gasteiger partial charge in [0, 0.05) is 16.9 Å². The average Bonchev–Trinajstić information content (AvgIpc) is 2.97. The van der Waals surface area contributed by atoms with Gasteiger partial charge in [0.2, 0.25) is 0 Å². The van der Waals surface area contributed by atoms with Crippen LogP contribution in [-0.2, 0) is 18.0 Å². The lowest BCUT2D eigenvalue weighted by molar-refractivity contribution is 0.134. The number of aliphatic hydroxyl groups is 1. The highest BCUT2D eigenvalue weighted by atomic mass is 79.9. The highest BCUT2D eigenvalue weighted by molar-refractivity contribution is 9.10. The van der Waals surface area contributed by atoms with Gasteiger partial charge in [0.25, 0.3) is 0 Å². The van der Waals surface area contributed by atoms with Gasteiger partial charge in [-0.1, -0.05) is 52.3 Å². The van der Waals surface area contributed by atoms with Crippen LogP contribution in [0, 0.1) is 0 Å². The van der Waals surface area contributed by atoms with Crippen molar-refractivity contribution >= 4 is 15.9 Å². The first-order chi connectivity index (χ1) is 10.2. The molecule has 21 heavy (non-hydrogen) atoms. The Balaban J connectivity index is 1.92. The van der Waals surface area contributed by atoms with Crippen LogP contribution in [0.1, 0.15) is 34.3 Å². The van der Waals surface area contributed by atoms with Crippen molar-refractivity contribution in [1.82, 2.24) is 0 Å². The maximum absolute atomic E-state index is 10.7. The summed E-state index contributed by atoms with van der Waals surface area (Å²) in [5.74, 6) is -0.138. The second-order valence-electron chi connectivity index (χ2n) is 5.33. The largest absolute Gasteiger partial charge is 0.388 e. The molecule has 3 N–H and O–H groups in total. The van der Waals surface area contributed by atoms with Crippen LogP contribution in [-0.4, -0.2) is 11.7 Å². The molecular weight excluding hydrogens is 330 g/mol. The fourth-order valence-corrected chi connectivity index (χ4v) is 3.39. The molecule has 2 atom stereocenters. The smallest absolute Gasteiger partial charge is 0.0871 e. The van der Waals surface area contributed by atoms with E-state index in [2.05, 4.69) is 15.9 Å². The molecule has 0 bridgehead atoms. The monoisotopic (exact) mass is 347 g/mol. The summed E-state index contributed by atoms with van der Waals surface area (Å²) in [4.78, 5) is 0. The molecule has 0 radical (unpaired) electrons. The Labute approximate surface area is 132 Å². The maximum Gasteiger partial charge on any atom is 0.0871 e. The Hall–Kier alpha value is -1.20. The third-order valence-electron chi connectivity index (χ3n) is 4.03. The van der Waals surface area contributed by atoms with E-state index in [0.29, 0.717) is 19.8 Å². The number of hydrogen-bond donors (Lipinski definition) is 2. The lowest BCUT2D eigenvalue weighted by Crippen LogP contribution is -2.20. The lowest BCUT2D eigenvalue weighted by atomic mass is 9.88. The van der Waals surface area contributed by atoms with Gasteiger partial charge in [0.15, 0.2) is 0 Å². The molecule has 0 aliphatic carbocycles. The maximum atomic E-state index is 10.7. The first-order valence-corrected chi connectivity index (χ1v) is 7.82. The Morgan fingerprint density at radius 2 is 1.90 bits per heavy atom. The van der Waals surface area contributed by atoms with Gasteiger partial charge < -0.3 is 15.6 Å². The van der Waals surface area contributed by atoms with E-state index in [1.165, 1.54) is 5.56 Å². The number of ether oxygens (including phenoxy) is 1. The van der Waals surface area contributed by atoms with Crippen LogP contribution in [0.3, 0.4) is 0 Å². The molecule has 0 fully saturated rings. The van der Waals surface area contributed by atoms with E-state index < -0.39 is 6.10 Å². The minimum absolute atomic E-state index is 0.138. The van der Waals surface area contributed by atoms with Crippen molar-refractivity contribution in [2.24, 2.45) is 5.73 Å². The molecule has 0 aromatic heterocycles. The molecule has 3 nitrogen and oxygen atoms in total. The van der Waals surface area contributed by atoms with Crippen LogP contribution in [0.2, 0.25) is 0 Å². The van der Waals surface area contributed by atoms with Gasteiger partial charge in [-0.05, 0) is 28.3 Å². The zero-order valence-corrected chi connectivity index (χ0v) is 13.2. The first-order valence-electron chi connectivity index (χ1n) is 7.02. The first kappa shape index (κ1) is 14.7. The standard InChI is InChI=1S/C17H18BrNO2/c18-16-4-2-1-3-14(16)15(8-19)17(20)11-5-6-12-9-21-10-13(12)7-11/h1-7,15,17,20H,8-10,19H2. The second kappa shape index (κ2) is 6.28. The fourth-order valence-electron chi connectivity index (χ4n) is 2.81. The average molecular weight is 348 g/mol. The summed E-state index contributed by atoms with van der Waals surface area (Å²) in [6.07, 6.45) is -0.625. The van der Waals surface area contributed by atoms with E-state index in [0.717, 1.165) is 21.2 Å². The molecule has 110 valence electrons. The summed E-state index contributed by atoms with van der Waals surface area (Å²) in [5, 5.41) is 10.7. The minimum atomic E-state index is -0.625. The minimum Gasteiger partial charge on any atom is -0.388 e. The molecule has 1 aliphatic heterocycles. The van der Waals surface area contributed by atoms with Gasteiger partial charge in [-0.2, -0.15) is 0 Å². The van der Waals surface area contributed by atoms with E-state index >= 15 is 0 Å². The zero-order valence-electron chi connectivity index (χ0n) is 11.6. The molecular formula is C17H18BrNO2. The second-order valence-corrected chi connectivity index (χ2v) is 6.18. The summed E-state index contributed by atoms with van der Waals surface area (Å²) in [5.41, 5.74) is 10.2. The molecule has 0 saturated heterocycles. The molecule has 3 rings (SSSR count). The topological polar surface area (TPSA) is 55.5 Å². The van der Waals surface area contributed by atoms with Crippen molar-refractivity contribution in [2.75, 3.05) is 6.54 Å². The Kier molecular flexibility index (Phi) is 4.40. The van der Waals surface area contributed by atoms with Crippen molar-refractivity contribution in [3.8, 4) is 0 Å². The summed E-state index contributed by atoms with van der Waals surface area (Å²) in [7, 11) is 0. The van der Waals surface area contributed by atoms with E-state index in [1.807, 2.05) is 42.5 Å². The number of rotatable bonds is 4. The molecule has 1 aliphatic rings. The normalized spacial score (nSPS) is 16.5. The quantitative estimate of drug-likeness (QED) is 0.892. The fraction of sp³-hybridized carbons (Fsp3) is 0.294. The van der Waals surface area contributed by atoms with E-state index in [4.69, 9.17) is 10.5 Å². The highest BCUT2D eigenvalue weighted by Gasteiger charge is 2.24. The predicted molar refractivity (Wildman–Crippen MR) is 85.8 cm³/mol. The molecule has 0 amide bonds. The predicted octanol–water partition coefficient (Wildman–Crippen LogP) is 3.26. The van der Waals surface area contributed by atoms with Gasteiger partial charge in [-0.25, -0.2) is 0 Å². The van der Waals surface area contributed by atoms with Crippen LogP contribution in [0.5, 0.6) is 0 Å². The summed E-state index contributed by atoms with van der Waals surface area (Å²) < 4.78 is 6.40. The van der Waals surface area contributed by atoms with Crippen molar-refractivity contribution < 1.29 is 9.84 Å². The highest BCUT2D eigenvalue weighted by Crippen LogP contribution is 2.35. The Morgan fingerprint density at radius 1 is 1.14 bits per heavy atom. The summed E-state index contributed by atoms with van der Waals surface area (Å²) >= 11 is 3.54. The molecule has 0 spiro atoms. The number of fused-ring (bicyclic) bond motifs is 1. The molecule has 1 heterocycles. The third-order valence-corrected chi connectivity index (χ3v) is 4.75. The van der Waals surface area contributed by atoms with Gasteiger partial charge in [-0.3, -0.25) is 0 Å². The molecule has 2 unspecified atom stereocenters. The summed E-state index contributed by atoms with van der Waals surface area (Å²) in [6, 6.07) is 13.9. The molecule has 0 saturated carbocycles. The van der Waals surface area contributed by atoms with Gasteiger partial charge in [0.1, 0.15) is 0 Å². The number of aliphatic hydroxyl groups excluding tert-OH is 1. The van der Waals surface area contributed by atoms with Crippen LogP contribution in [0.25, 0.3) is 0 Å². The van der Waals surface area contributed by atoms with Crippen molar-refractivity contribution in [3.63, 3.8) is 0 Å². The molecule has 2 aromatic rings.